The van der Waals surface area contributed by atoms with Crippen LogP contribution in [0.3, 0.4) is 0 Å². The Balaban J connectivity index is 1.01. The monoisotopic (exact) mass is 620 g/mol. The minimum atomic E-state index is 0.0178. The molecule has 0 aliphatic carbocycles. The van der Waals surface area contributed by atoms with Crippen LogP contribution in [0.15, 0.2) is 152 Å². The molecule has 0 fully saturated rings. The van der Waals surface area contributed by atoms with Crippen LogP contribution in [-0.4, -0.2) is 9.97 Å². The minimum Gasteiger partial charge on any atom is -0.359 e. The van der Waals surface area contributed by atoms with Gasteiger partial charge in [-0.15, -0.1) is 0 Å². The molecular weight excluding hydrogens is 585 g/mol. The first-order chi connectivity index (χ1) is 23.5. The summed E-state index contributed by atoms with van der Waals surface area (Å²) in [5, 5.41) is 3.74. The van der Waals surface area contributed by atoms with Gasteiger partial charge >= 0.3 is 0 Å². The Morgan fingerprint density at radius 3 is 1.58 bits per heavy atom. The summed E-state index contributed by atoms with van der Waals surface area (Å²) in [6.45, 7) is 6.16. The van der Waals surface area contributed by atoms with Gasteiger partial charge in [0.2, 0.25) is 0 Å². The Hall–Kier alpha value is -6.00. The van der Waals surface area contributed by atoms with Gasteiger partial charge in [-0.3, -0.25) is 0 Å². The third kappa shape index (κ3) is 5.52. The van der Waals surface area contributed by atoms with E-state index in [1.165, 1.54) is 50.3 Å². The number of nitrogens with one attached hydrogen (secondary N) is 1. The van der Waals surface area contributed by atoms with E-state index in [1.807, 2.05) is 13.8 Å². The molecule has 232 valence electrons. The predicted molar refractivity (Wildman–Crippen MR) is 199 cm³/mol. The number of para-hydroxylation sites is 3. The van der Waals surface area contributed by atoms with Crippen molar-refractivity contribution in [3.63, 3.8) is 0 Å². The second-order valence-corrected chi connectivity index (χ2v) is 12.5. The number of hydrogen-bond acceptors (Lipinski definition) is 4. The lowest BCUT2D eigenvalue weighted by Gasteiger charge is -2.27. The average molecular weight is 621 g/mol. The number of hydrogen-bond donors (Lipinski definition) is 1. The molecule has 8 rings (SSSR count). The van der Waals surface area contributed by atoms with Crippen LogP contribution >= 0.6 is 0 Å². The number of benzene rings is 6. The molecular formula is C44H36N4. The van der Waals surface area contributed by atoms with E-state index in [2.05, 4.69) is 169 Å². The van der Waals surface area contributed by atoms with Gasteiger partial charge in [-0.2, -0.15) is 0 Å². The SMILES string of the molecule is Cc1nc(-c2ccc(-c3ccc(-c4cccc(-c5ccc(C6Nc7ccccc7N6c6ccccc6)cc5)c4)cc3)cc2)nc(C)c1C. The highest BCUT2D eigenvalue weighted by Crippen LogP contribution is 2.46. The largest absolute Gasteiger partial charge is 0.359 e. The smallest absolute Gasteiger partial charge is 0.159 e. The van der Waals surface area contributed by atoms with Gasteiger partial charge in [0, 0.05) is 22.6 Å². The van der Waals surface area contributed by atoms with Crippen molar-refractivity contribution in [3.8, 4) is 44.8 Å². The van der Waals surface area contributed by atoms with Gasteiger partial charge < -0.3 is 10.2 Å². The van der Waals surface area contributed by atoms with Crippen molar-refractivity contribution in [1.82, 2.24) is 9.97 Å². The summed E-state index contributed by atoms with van der Waals surface area (Å²) in [7, 11) is 0. The van der Waals surface area contributed by atoms with Crippen molar-refractivity contribution >= 4 is 17.1 Å². The maximum absolute atomic E-state index is 4.71. The molecule has 1 atom stereocenters. The molecule has 0 saturated carbocycles. The molecule has 7 aromatic rings. The molecule has 1 aromatic heterocycles. The van der Waals surface area contributed by atoms with Crippen LogP contribution in [0, 0.1) is 20.8 Å². The van der Waals surface area contributed by atoms with Crippen molar-refractivity contribution in [1.29, 1.82) is 0 Å². The lowest BCUT2D eigenvalue weighted by molar-refractivity contribution is 0.828. The first kappa shape index (κ1) is 29.4. The molecule has 0 saturated heterocycles. The highest BCUT2D eigenvalue weighted by molar-refractivity contribution is 5.83. The molecule has 0 spiro atoms. The summed E-state index contributed by atoms with van der Waals surface area (Å²) in [5.74, 6) is 0.780. The van der Waals surface area contributed by atoms with Crippen LogP contribution in [0.4, 0.5) is 17.1 Å². The number of aryl methyl sites for hydroxylation is 2. The van der Waals surface area contributed by atoms with E-state index in [-0.39, 0.29) is 6.17 Å². The Bertz CT molecular complexity index is 2200. The summed E-state index contributed by atoms with van der Waals surface area (Å²) in [5.41, 5.74) is 16.1. The highest BCUT2D eigenvalue weighted by atomic mass is 15.3. The van der Waals surface area contributed by atoms with Gasteiger partial charge in [-0.05, 0) is 95.6 Å². The van der Waals surface area contributed by atoms with Gasteiger partial charge in [-0.1, -0.05) is 121 Å². The fourth-order valence-corrected chi connectivity index (χ4v) is 6.57. The zero-order valence-electron chi connectivity index (χ0n) is 27.4. The van der Waals surface area contributed by atoms with E-state index in [9.17, 15) is 0 Å². The van der Waals surface area contributed by atoms with Crippen LogP contribution in [0.1, 0.15) is 28.7 Å². The van der Waals surface area contributed by atoms with Crippen molar-refractivity contribution in [3.05, 3.63) is 174 Å². The van der Waals surface area contributed by atoms with Crippen molar-refractivity contribution in [2.24, 2.45) is 0 Å². The number of rotatable bonds is 6. The molecule has 4 heteroatoms. The summed E-state index contributed by atoms with van der Waals surface area (Å²) < 4.78 is 0. The van der Waals surface area contributed by atoms with Gasteiger partial charge in [0.1, 0.15) is 6.17 Å². The molecule has 48 heavy (non-hydrogen) atoms. The van der Waals surface area contributed by atoms with Crippen LogP contribution < -0.4 is 10.2 Å². The first-order valence-corrected chi connectivity index (χ1v) is 16.5. The summed E-state index contributed by atoms with van der Waals surface area (Å²) in [4.78, 5) is 11.8. The number of nitrogens with zero attached hydrogens (tertiary/aromatic N) is 3. The van der Waals surface area contributed by atoms with E-state index >= 15 is 0 Å². The average Bonchev–Trinajstić information content (AvgIpc) is 3.54. The van der Waals surface area contributed by atoms with Crippen molar-refractivity contribution in [2.75, 3.05) is 10.2 Å². The molecule has 2 heterocycles. The fraction of sp³-hybridized carbons (Fsp3) is 0.0909. The van der Waals surface area contributed by atoms with E-state index in [1.54, 1.807) is 0 Å². The van der Waals surface area contributed by atoms with Crippen LogP contribution in [0.5, 0.6) is 0 Å². The predicted octanol–water partition coefficient (Wildman–Crippen LogP) is 11.3. The quantitative estimate of drug-likeness (QED) is 0.201. The van der Waals surface area contributed by atoms with Gasteiger partial charge in [0.25, 0.3) is 0 Å². The maximum Gasteiger partial charge on any atom is 0.159 e. The van der Waals surface area contributed by atoms with Crippen molar-refractivity contribution < 1.29 is 0 Å². The molecule has 1 aliphatic rings. The summed E-state index contributed by atoms with van der Waals surface area (Å²) in [6, 6.07) is 54.2. The highest BCUT2D eigenvalue weighted by Gasteiger charge is 2.30. The molecule has 1 aliphatic heterocycles. The summed E-state index contributed by atoms with van der Waals surface area (Å²) >= 11 is 0. The number of fused-ring (bicyclic) bond motifs is 1. The number of aromatic nitrogens is 2. The summed E-state index contributed by atoms with van der Waals surface area (Å²) in [6.07, 6.45) is 0.0178. The zero-order chi connectivity index (χ0) is 32.6. The zero-order valence-corrected chi connectivity index (χ0v) is 27.4. The molecule has 1 unspecified atom stereocenters. The minimum absolute atomic E-state index is 0.0178. The molecule has 6 aromatic carbocycles. The first-order valence-electron chi connectivity index (χ1n) is 16.5. The Morgan fingerprint density at radius 1 is 0.479 bits per heavy atom. The molecule has 4 nitrogen and oxygen atoms in total. The third-order valence-electron chi connectivity index (χ3n) is 9.50. The van der Waals surface area contributed by atoms with Crippen molar-refractivity contribution in [2.45, 2.75) is 26.9 Å². The fourth-order valence-electron chi connectivity index (χ4n) is 6.57. The Morgan fingerprint density at radius 2 is 0.979 bits per heavy atom. The third-order valence-corrected chi connectivity index (χ3v) is 9.50. The Kier molecular flexibility index (Phi) is 7.54. The lowest BCUT2D eigenvalue weighted by Crippen LogP contribution is -2.23. The van der Waals surface area contributed by atoms with E-state index in [0.717, 1.165) is 34.0 Å². The van der Waals surface area contributed by atoms with Gasteiger partial charge in [0.15, 0.2) is 5.82 Å². The second-order valence-electron chi connectivity index (χ2n) is 12.5. The molecule has 0 bridgehead atoms. The van der Waals surface area contributed by atoms with E-state index in [0.29, 0.717) is 0 Å². The van der Waals surface area contributed by atoms with E-state index in [4.69, 9.17) is 9.97 Å². The Labute approximate surface area is 282 Å². The molecule has 1 N–H and O–H groups in total. The second kappa shape index (κ2) is 12.3. The molecule has 0 radical (unpaired) electrons. The van der Waals surface area contributed by atoms with Crippen LogP contribution in [-0.2, 0) is 0 Å². The van der Waals surface area contributed by atoms with Gasteiger partial charge in [0.05, 0.1) is 11.4 Å². The van der Waals surface area contributed by atoms with E-state index < -0.39 is 0 Å². The lowest BCUT2D eigenvalue weighted by atomic mass is 9.96. The normalized spacial score (nSPS) is 13.6. The maximum atomic E-state index is 4.71. The van der Waals surface area contributed by atoms with Crippen LogP contribution in [0.2, 0.25) is 0 Å². The molecule has 0 amide bonds. The standard InChI is InChI=1S/C44H36N4/c1-29-30(2)45-43(46-31(29)3)36-24-20-33(21-25-36)32-16-18-34(19-17-32)38-10-9-11-39(28-38)35-22-26-37(27-23-35)44-47-41-14-7-8-15-42(41)48(44)40-12-5-4-6-13-40/h4-28,44,47H,1-3H3. The number of anilines is 3. The topological polar surface area (TPSA) is 41.1 Å². The van der Waals surface area contributed by atoms with Crippen LogP contribution in [0.25, 0.3) is 44.8 Å². The van der Waals surface area contributed by atoms with Gasteiger partial charge in [-0.25, -0.2) is 9.97 Å².